The molecule has 33 heavy (non-hydrogen) atoms. The molecule has 2 fully saturated rings. The zero-order valence-corrected chi connectivity index (χ0v) is 21.4. The molecule has 1 N–H and O–H groups in total. The van der Waals surface area contributed by atoms with Gasteiger partial charge in [0, 0.05) is 41.3 Å². The fourth-order valence-electron chi connectivity index (χ4n) is 5.32. The van der Waals surface area contributed by atoms with Gasteiger partial charge in [-0.15, -0.1) is 0 Å². The van der Waals surface area contributed by atoms with Gasteiger partial charge < -0.3 is 10.2 Å². The number of hydrogen-bond acceptors (Lipinski definition) is 2. The van der Waals surface area contributed by atoms with E-state index in [0.29, 0.717) is 22.6 Å². The Labute approximate surface area is 208 Å². The maximum absolute atomic E-state index is 13.1. The van der Waals surface area contributed by atoms with Crippen LogP contribution in [0.15, 0.2) is 42.5 Å². The molecule has 2 aliphatic rings. The van der Waals surface area contributed by atoms with E-state index in [-0.39, 0.29) is 24.2 Å². The van der Waals surface area contributed by atoms with Crippen LogP contribution in [0.4, 0.5) is 4.79 Å². The number of aryl methyl sites for hydroxylation is 1. The van der Waals surface area contributed by atoms with E-state index >= 15 is 0 Å². The number of urea groups is 1. The highest BCUT2D eigenvalue weighted by atomic mass is 35.5. The molecule has 1 aliphatic heterocycles. The largest absolute Gasteiger partial charge is 0.335 e. The first-order chi connectivity index (χ1) is 15.8. The van der Waals surface area contributed by atoms with Crippen LogP contribution in [0.5, 0.6) is 0 Å². The molecule has 6 heteroatoms. The Kier molecular flexibility index (Phi) is 7.88. The van der Waals surface area contributed by atoms with Crippen LogP contribution in [0.3, 0.4) is 0 Å². The van der Waals surface area contributed by atoms with Crippen LogP contribution in [0.2, 0.25) is 10.0 Å². The van der Waals surface area contributed by atoms with Crippen LogP contribution in [0.25, 0.3) is 0 Å². The Balaban J connectivity index is 1.58. The van der Waals surface area contributed by atoms with E-state index < -0.39 is 0 Å². The first-order valence-corrected chi connectivity index (χ1v) is 12.9. The normalized spacial score (nSPS) is 23.4. The summed E-state index contributed by atoms with van der Waals surface area (Å²) in [5.41, 5.74) is 3.47. The Morgan fingerprint density at radius 1 is 0.970 bits per heavy atom. The summed E-state index contributed by atoms with van der Waals surface area (Å²) in [4.78, 5) is 17.6. The van der Waals surface area contributed by atoms with Crippen LogP contribution < -0.4 is 5.32 Å². The van der Waals surface area contributed by atoms with Crippen LogP contribution in [0, 0.1) is 6.92 Å². The molecule has 0 spiro atoms. The van der Waals surface area contributed by atoms with Gasteiger partial charge in [-0.1, -0.05) is 78.4 Å². The van der Waals surface area contributed by atoms with E-state index in [0.717, 1.165) is 24.9 Å². The second-order valence-electron chi connectivity index (χ2n) is 9.81. The third-order valence-electron chi connectivity index (χ3n) is 7.21. The van der Waals surface area contributed by atoms with E-state index in [9.17, 15) is 4.79 Å². The van der Waals surface area contributed by atoms with Gasteiger partial charge in [-0.2, -0.15) is 0 Å². The highest BCUT2D eigenvalue weighted by Gasteiger charge is 2.37. The topological polar surface area (TPSA) is 35.6 Å². The lowest BCUT2D eigenvalue weighted by molar-refractivity contribution is 0.0425. The minimum atomic E-state index is -0.00336. The molecule has 4 rings (SSSR count). The molecular weight excluding hydrogens is 453 g/mol. The van der Waals surface area contributed by atoms with Gasteiger partial charge in [0.05, 0.1) is 6.04 Å². The minimum Gasteiger partial charge on any atom is -0.335 e. The number of amides is 2. The van der Waals surface area contributed by atoms with Gasteiger partial charge >= 0.3 is 6.03 Å². The lowest BCUT2D eigenvalue weighted by atomic mass is 9.93. The van der Waals surface area contributed by atoms with Gasteiger partial charge in [-0.25, -0.2) is 4.79 Å². The van der Waals surface area contributed by atoms with E-state index in [4.69, 9.17) is 23.2 Å². The molecule has 2 aromatic rings. The van der Waals surface area contributed by atoms with E-state index in [1.807, 2.05) is 23.1 Å². The molecule has 1 heterocycles. The number of nitrogens with one attached hydrogen (secondary N) is 1. The van der Waals surface area contributed by atoms with Crippen LogP contribution in [0.1, 0.15) is 68.7 Å². The Bertz CT molecular complexity index is 958. The molecule has 3 atom stereocenters. The van der Waals surface area contributed by atoms with Crippen molar-refractivity contribution in [3.8, 4) is 0 Å². The summed E-state index contributed by atoms with van der Waals surface area (Å²) in [6.45, 7) is 7.92. The number of nitrogens with zero attached hydrogens (tertiary/aromatic N) is 2. The number of piperazine rings is 1. The van der Waals surface area contributed by atoms with Crippen molar-refractivity contribution in [2.75, 3.05) is 13.1 Å². The molecule has 0 bridgehead atoms. The molecule has 2 aromatic carbocycles. The standard InChI is InChI=1S/C27H35Cl2N3O/c1-18-9-11-21(12-10-18)26(24-14-13-22(28)15-25(24)29)31-16-20(3)32(17-19(31)2)27(33)30-23-7-5-4-6-8-23/h9-15,19-20,23,26H,4-8,16-17H2,1-3H3,(H,30,33). The van der Waals surface area contributed by atoms with Crippen molar-refractivity contribution in [3.05, 3.63) is 69.2 Å². The Hall–Kier alpha value is -1.75. The number of rotatable bonds is 4. The second kappa shape index (κ2) is 10.7. The van der Waals surface area contributed by atoms with Crippen molar-refractivity contribution in [2.45, 2.75) is 77.0 Å². The smallest absolute Gasteiger partial charge is 0.317 e. The number of benzene rings is 2. The average molecular weight is 489 g/mol. The molecule has 3 unspecified atom stereocenters. The summed E-state index contributed by atoms with van der Waals surface area (Å²) in [5, 5.41) is 4.61. The summed E-state index contributed by atoms with van der Waals surface area (Å²) in [7, 11) is 0. The molecule has 0 radical (unpaired) electrons. The van der Waals surface area contributed by atoms with Gasteiger partial charge in [0.1, 0.15) is 0 Å². The zero-order chi connectivity index (χ0) is 23.5. The molecule has 2 amide bonds. The lowest BCUT2D eigenvalue weighted by Crippen LogP contribution is -2.61. The van der Waals surface area contributed by atoms with Crippen molar-refractivity contribution >= 4 is 29.2 Å². The molecule has 1 aliphatic carbocycles. The molecular formula is C27H35Cl2N3O. The molecule has 4 nitrogen and oxygen atoms in total. The van der Waals surface area contributed by atoms with Crippen LogP contribution in [-0.2, 0) is 0 Å². The quantitative estimate of drug-likeness (QED) is 0.512. The van der Waals surface area contributed by atoms with Crippen molar-refractivity contribution < 1.29 is 4.79 Å². The summed E-state index contributed by atoms with van der Waals surface area (Å²) in [5.74, 6) is 0. The molecule has 0 aromatic heterocycles. The predicted molar refractivity (Wildman–Crippen MR) is 137 cm³/mol. The monoisotopic (exact) mass is 487 g/mol. The first kappa shape index (κ1) is 24.4. The summed E-state index contributed by atoms with van der Waals surface area (Å²) in [6.07, 6.45) is 5.90. The average Bonchev–Trinajstić information content (AvgIpc) is 2.79. The number of carbonyl (C=O) groups excluding carboxylic acids is 1. The number of hydrogen-bond donors (Lipinski definition) is 1. The molecule has 178 valence electrons. The highest BCUT2D eigenvalue weighted by Crippen LogP contribution is 2.37. The predicted octanol–water partition coefficient (Wildman–Crippen LogP) is 6.83. The highest BCUT2D eigenvalue weighted by molar-refractivity contribution is 6.35. The van der Waals surface area contributed by atoms with Gasteiger partial charge in [-0.05, 0) is 56.9 Å². The summed E-state index contributed by atoms with van der Waals surface area (Å²) in [6, 6.07) is 15.1. The van der Waals surface area contributed by atoms with E-state index in [2.05, 4.69) is 55.3 Å². The zero-order valence-electron chi connectivity index (χ0n) is 19.9. The fourth-order valence-corrected chi connectivity index (χ4v) is 5.83. The van der Waals surface area contributed by atoms with Gasteiger partial charge in [-0.3, -0.25) is 4.90 Å². The molecule has 1 saturated carbocycles. The summed E-state index contributed by atoms with van der Waals surface area (Å²) >= 11 is 12.9. The van der Waals surface area contributed by atoms with E-state index in [1.54, 1.807) is 0 Å². The third-order valence-corrected chi connectivity index (χ3v) is 7.77. The fraction of sp³-hybridized carbons (Fsp3) is 0.519. The van der Waals surface area contributed by atoms with Crippen LogP contribution >= 0.6 is 23.2 Å². The minimum absolute atomic E-state index is 0.00336. The van der Waals surface area contributed by atoms with Crippen molar-refractivity contribution in [1.82, 2.24) is 15.1 Å². The molecule has 1 saturated heterocycles. The van der Waals surface area contributed by atoms with Crippen molar-refractivity contribution in [1.29, 1.82) is 0 Å². The maximum atomic E-state index is 13.1. The summed E-state index contributed by atoms with van der Waals surface area (Å²) < 4.78 is 0. The van der Waals surface area contributed by atoms with Gasteiger partial charge in [0.2, 0.25) is 0 Å². The van der Waals surface area contributed by atoms with Crippen LogP contribution in [-0.4, -0.2) is 47.0 Å². The number of carbonyl (C=O) groups is 1. The first-order valence-electron chi connectivity index (χ1n) is 12.2. The van der Waals surface area contributed by atoms with Crippen molar-refractivity contribution in [3.63, 3.8) is 0 Å². The van der Waals surface area contributed by atoms with E-state index in [1.165, 1.54) is 30.4 Å². The Morgan fingerprint density at radius 3 is 2.33 bits per heavy atom. The van der Waals surface area contributed by atoms with Crippen molar-refractivity contribution in [2.24, 2.45) is 0 Å². The lowest BCUT2D eigenvalue weighted by Gasteiger charge is -2.48. The Morgan fingerprint density at radius 2 is 1.67 bits per heavy atom. The second-order valence-corrected chi connectivity index (χ2v) is 10.7. The number of halogens is 2. The maximum Gasteiger partial charge on any atom is 0.317 e. The SMILES string of the molecule is Cc1ccc(C(c2ccc(Cl)cc2Cl)N2CC(C)N(C(=O)NC3CCCCC3)CC2C)cc1. The third kappa shape index (κ3) is 5.67. The van der Waals surface area contributed by atoms with Gasteiger partial charge in [0.25, 0.3) is 0 Å². The van der Waals surface area contributed by atoms with Gasteiger partial charge in [0.15, 0.2) is 0 Å².